The zero-order valence-electron chi connectivity index (χ0n) is 13.8. The molecule has 4 heteroatoms. The van der Waals surface area contributed by atoms with Crippen LogP contribution in [0.15, 0.2) is 70.5 Å². The van der Waals surface area contributed by atoms with Gasteiger partial charge < -0.3 is 5.32 Å². The summed E-state index contributed by atoms with van der Waals surface area (Å²) in [6.45, 7) is 7.94. The highest BCUT2D eigenvalue weighted by Gasteiger charge is 2.07. The molecular formula is C19H24ClN3. The number of hydrogen-bond acceptors (Lipinski definition) is 3. The Morgan fingerprint density at radius 3 is 2.61 bits per heavy atom. The number of para-hydroxylation sites is 1. The van der Waals surface area contributed by atoms with E-state index in [2.05, 4.69) is 23.8 Å². The molecule has 0 saturated heterocycles. The van der Waals surface area contributed by atoms with Crippen LogP contribution < -0.4 is 5.32 Å². The third-order valence-corrected chi connectivity index (χ3v) is 3.41. The second-order valence-electron chi connectivity index (χ2n) is 5.00. The minimum atomic E-state index is 0.246. The Bertz CT molecular complexity index is 613. The molecule has 1 rings (SSSR count). The molecular weight excluding hydrogens is 306 g/mol. The van der Waals surface area contributed by atoms with E-state index in [0.29, 0.717) is 10.6 Å². The number of aliphatic imine (C=N–C) groups is 1. The third-order valence-electron chi connectivity index (χ3n) is 3.11. The van der Waals surface area contributed by atoms with Crippen LogP contribution >= 0.6 is 11.6 Å². The molecule has 0 aromatic heterocycles. The van der Waals surface area contributed by atoms with Gasteiger partial charge in [0.15, 0.2) is 0 Å². The Morgan fingerprint density at radius 2 is 2.00 bits per heavy atom. The summed E-state index contributed by atoms with van der Waals surface area (Å²) in [7, 11) is 0. The van der Waals surface area contributed by atoms with Crippen LogP contribution in [0.2, 0.25) is 0 Å². The van der Waals surface area contributed by atoms with E-state index in [0.717, 1.165) is 30.6 Å². The smallest absolute Gasteiger partial charge is 0.0825 e. The van der Waals surface area contributed by atoms with Crippen molar-refractivity contribution in [2.75, 3.05) is 5.32 Å². The van der Waals surface area contributed by atoms with Crippen LogP contribution in [0.3, 0.4) is 0 Å². The third kappa shape index (κ3) is 7.11. The van der Waals surface area contributed by atoms with Crippen molar-refractivity contribution in [2.45, 2.75) is 33.1 Å². The normalized spacial score (nSPS) is 12.5. The van der Waals surface area contributed by atoms with Crippen molar-refractivity contribution in [1.29, 1.82) is 5.41 Å². The lowest BCUT2D eigenvalue weighted by molar-refractivity contribution is 0.957. The van der Waals surface area contributed by atoms with Gasteiger partial charge in [-0.15, -0.1) is 0 Å². The summed E-state index contributed by atoms with van der Waals surface area (Å²) in [5.74, 6) is 0. The van der Waals surface area contributed by atoms with Crippen LogP contribution in [-0.4, -0.2) is 11.9 Å². The van der Waals surface area contributed by atoms with Crippen LogP contribution in [-0.2, 0) is 0 Å². The number of halogens is 1. The molecule has 1 aromatic carbocycles. The fourth-order valence-corrected chi connectivity index (χ4v) is 1.83. The van der Waals surface area contributed by atoms with Gasteiger partial charge in [0.05, 0.1) is 10.7 Å². The van der Waals surface area contributed by atoms with Gasteiger partial charge in [-0.25, -0.2) is 0 Å². The van der Waals surface area contributed by atoms with Gasteiger partial charge in [-0.05, 0) is 25.0 Å². The first-order chi connectivity index (χ1) is 11.1. The van der Waals surface area contributed by atoms with E-state index in [1.165, 1.54) is 0 Å². The van der Waals surface area contributed by atoms with Crippen LogP contribution in [0.5, 0.6) is 0 Å². The number of nitrogens with one attached hydrogen (secondary N) is 2. The summed E-state index contributed by atoms with van der Waals surface area (Å²) in [5, 5.41) is 11.7. The standard InChI is InChI=1S/C19H24ClN3/c1-4-6-10-16(13-22-15(3)5-2)19(21)18(20)14-23-17-11-8-7-9-12-17/h7-14,21,23H,3-6H2,1-2H3/b16-10+,18-14+,21-19?,22-13-. The van der Waals surface area contributed by atoms with Crippen LogP contribution in [0.25, 0.3) is 0 Å². The van der Waals surface area contributed by atoms with Crippen molar-refractivity contribution in [3.63, 3.8) is 0 Å². The number of hydrogen-bond donors (Lipinski definition) is 2. The van der Waals surface area contributed by atoms with E-state index in [4.69, 9.17) is 17.0 Å². The molecule has 0 bridgehead atoms. The van der Waals surface area contributed by atoms with Crippen LogP contribution in [0.4, 0.5) is 5.69 Å². The lowest BCUT2D eigenvalue weighted by Gasteiger charge is -2.06. The highest BCUT2D eigenvalue weighted by atomic mass is 35.5. The topological polar surface area (TPSA) is 48.2 Å². The van der Waals surface area contributed by atoms with Crippen molar-refractivity contribution in [2.24, 2.45) is 4.99 Å². The van der Waals surface area contributed by atoms with Crippen LogP contribution in [0.1, 0.15) is 33.1 Å². The number of unbranched alkanes of at least 4 members (excludes halogenated alkanes) is 1. The molecule has 3 nitrogen and oxygen atoms in total. The quantitative estimate of drug-likeness (QED) is 0.543. The second kappa shape index (κ2) is 10.6. The van der Waals surface area contributed by atoms with Gasteiger partial charge in [-0.1, -0.05) is 62.7 Å². The molecule has 0 aliphatic carbocycles. The average Bonchev–Trinajstić information content (AvgIpc) is 2.59. The Balaban J connectivity index is 2.86. The second-order valence-corrected chi connectivity index (χ2v) is 5.41. The lowest BCUT2D eigenvalue weighted by Crippen LogP contribution is -2.05. The van der Waals surface area contributed by atoms with Crippen LogP contribution in [0, 0.1) is 5.41 Å². The maximum Gasteiger partial charge on any atom is 0.0825 e. The van der Waals surface area contributed by atoms with Crippen molar-refractivity contribution >= 4 is 29.2 Å². The predicted octanol–water partition coefficient (Wildman–Crippen LogP) is 5.92. The zero-order valence-corrected chi connectivity index (χ0v) is 14.5. The molecule has 23 heavy (non-hydrogen) atoms. The molecule has 122 valence electrons. The van der Waals surface area contributed by atoms with Crippen molar-refractivity contribution in [3.8, 4) is 0 Å². The summed E-state index contributed by atoms with van der Waals surface area (Å²) in [5.41, 5.74) is 2.65. The van der Waals surface area contributed by atoms with E-state index < -0.39 is 0 Å². The first kappa shape index (κ1) is 18.9. The Labute approximate surface area is 144 Å². The van der Waals surface area contributed by atoms with E-state index >= 15 is 0 Å². The summed E-state index contributed by atoms with van der Waals surface area (Å²) in [6, 6.07) is 9.69. The molecule has 0 fully saturated rings. The number of anilines is 1. The molecule has 0 atom stereocenters. The molecule has 0 heterocycles. The van der Waals surface area contributed by atoms with Crippen molar-refractivity contribution in [3.05, 3.63) is 65.5 Å². The molecule has 0 saturated carbocycles. The summed E-state index contributed by atoms with van der Waals surface area (Å²) < 4.78 is 0. The predicted molar refractivity (Wildman–Crippen MR) is 103 cm³/mol. The summed E-state index contributed by atoms with van der Waals surface area (Å²) in [6.07, 6.45) is 7.93. The lowest BCUT2D eigenvalue weighted by atomic mass is 10.1. The first-order valence-corrected chi connectivity index (χ1v) is 8.14. The maximum atomic E-state index is 8.27. The number of allylic oxidation sites excluding steroid dienone is 4. The van der Waals surface area contributed by atoms with E-state index in [1.807, 2.05) is 43.3 Å². The molecule has 0 aliphatic heterocycles. The fourth-order valence-electron chi connectivity index (χ4n) is 1.66. The monoisotopic (exact) mass is 329 g/mol. The van der Waals surface area contributed by atoms with Crippen molar-refractivity contribution in [1.82, 2.24) is 0 Å². The molecule has 0 spiro atoms. The minimum Gasteiger partial charge on any atom is -0.360 e. The van der Waals surface area contributed by atoms with Gasteiger partial charge in [-0.2, -0.15) is 0 Å². The maximum absolute atomic E-state index is 8.27. The van der Waals surface area contributed by atoms with Crippen molar-refractivity contribution < 1.29 is 0 Å². The largest absolute Gasteiger partial charge is 0.360 e. The minimum absolute atomic E-state index is 0.246. The summed E-state index contributed by atoms with van der Waals surface area (Å²) in [4.78, 5) is 4.28. The number of nitrogens with zero attached hydrogens (tertiary/aromatic N) is 1. The molecule has 0 radical (unpaired) electrons. The average molecular weight is 330 g/mol. The molecule has 0 amide bonds. The molecule has 1 aromatic rings. The number of benzene rings is 1. The SMILES string of the molecule is C=C(CC)/N=C\C(=C/CCC)C(=N)/C(Cl)=C\Nc1ccccc1. The molecule has 0 unspecified atom stereocenters. The Morgan fingerprint density at radius 1 is 1.30 bits per heavy atom. The first-order valence-electron chi connectivity index (χ1n) is 7.77. The van der Waals surface area contributed by atoms with Gasteiger partial charge in [0.2, 0.25) is 0 Å². The number of rotatable bonds is 9. The Hall–Kier alpha value is -2.13. The summed E-state index contributed by atoms with van der Waals surface area (Å²) >= 11 is 6.25. The Kier molecular flexibility index (Phi) is 8.70. The zero-order chi connectivity index (χ0) is 17.1. The van der Waals surface area contributed by atoms with Gasteiger partial charge >= 0.3 is 0 Å². The van der Waals surface area contributed by atoms with E-state index in [1.54, 1.807) is 12.4 Å². The highest BCUT2D eigenvalue weighted by molar-refractivity contribution is 6.48. The van der Waals surface area contributed by atoms with Gasteiger partial charge in [-0.3, -0.25) is 10.4 Å². The highest BCUT2D eigenvalue weighted by Crippen LogP contribution is 2.14. The van der Waals surface area contributed by atoms with E-state index in [9.17, 15) is 0 Å². The molecule has 2 N–H and O–H groups in total. The molecule has 0 aliphatic rings. The van der Waals surface area contributed by atoms with Gasteiger partial charge in [0.25, 0.3) is 0 Å². The van der Waals surface area contributed by atoms with Gasteiger partial charge in [0.1, 0.15) is 0 Å². The van der Waals surface area contributed by atoms with E-state index in [-0.39, 0.29) is 5.71 Å². The van der Waals surface area contributed by atoms with Gasteiger partial charge in [0, 0.05) is 29.4 Å². The fraction of sp³-hybridized carbons (Fsp3) is 0.263.